The van der Waals surface area contributed by atoms with Crippen molar-refractivity contribution in [3.05, 3.63) is 29.8 Å². The van der Waals surface area contributed by atoms with E-state index in [1.165, 1.54) is 0 Å². The van der Waals surface area contributed by atoms with Gasteiger partial charge in [-0.3, -0.25) is 0 Å². The highest BCUT2D eigenvalue weighted by Crippen LogP contribution is 2.20. The van der Waals surface area contributed by atoms with Crippen LogP contribution in [0.15, 0.2) is 24.3 Å². The topological polar surface area (TPSA) is 39.7 Å². The Kier molecular flexibility index (Phi) is 9.04. The lowest BCUT2D eigenvalue weighted by molar-refractivity contribution is 0.00693. The van der Waals surface area contributed by atoms with Crippen molar-refractivity contribution in [1.82, 2.24) is 5.32 Å². The number of benzene rings is 1. The maximum Gasteiger partial charge on any atom is 0.118 e. The van der Waals surface area contributed by atoms with Crippen LogP contribution in [-0.2, 0) is 9.47 Å². The molecule has 1 unspecified atom stereocenters. The fourth-order valence-corrected chi connectivity index (χ4v) is 1.90. The first-order valence-corrected chi connectivity index (χ1v) is 7.35. The maximum absolute atomic E-state index is 5.92. The van der Waals surface area contributed by atoms with Gasteiger partial charge < -0.3 is 19.5 Å². The normalized spacial score (nSPS) is 12.3. The van der Waals surface area contributed by atoms with Gasteiger partial charge in [-0.15, -0.1) is 0 Å². The smallest absolute Gasteiger partial charge is 0.118 e. The fourth-order valence-electron chi connectivity index (χ4n) is 1.90. The van der Waals surface area contributed by atoms with Gasteiger partial charge in [-0.25, -0.2) is 0 Å². The zero-order chi connectivity index (χ0) is 14.6. The monoisotopic (exact) mass is 281 g/mol. The Morgan fingerprint density at radius 1 is 1.10 bits per heavy atom. The molecular weight excluding hydrogens is 254 g/mol. The maximum atomic E-state index is 5.92. The molecule has 0 spiro atoms. The summed E-state index contributed by atoms with van der Waals surface area (Å²) in [6.45, 7) is 7.93. The van der Waals surface area contributed by atoms with Crippen LogP contribution in [0.5, 0.6) is 5.75 Å². The number of ether oxygens (including phenoxy) is 3. The van der Waals surface area contributed by atoms with Gasteiger partial charge in [0.1, 0.15) is 5.75 Å². The van der Waals surface area contributed by atoms with Crippen LogP contribution in [0.1, 0.15) is 31.9 Å². The van der Waals surface area contributed by atoms with Crippen molar-refractivity contribution < 1.29 is 14.2 Å². The fraction of sp³-hybridized carbons (Fsp3) is 0.625. The van der Waals surface area contributed by atoms with Crippen LogP contribution < -0.4 is 10.1 Å². The second-order valence-electron chi connectivity index (χ2n) is 4.53. The van der Waals surface area contributed by atoms with Crippen molar-refractivity contribution in [2.45, 2.75) is 26.4 Å². The highest BCUT2D eigenvalue weighted by molar-refractivity contribution is 5.28. The molecule has 0 aliphatic heterocycles. The Morgan fingerprint density at radius 3 is 2.45 bits per heavy atom. The Balaban J connectivity index is 2.54. The van der Waals surface area contributed by atoms with E-state index < -0.39 is 0 Å². The molecule has 0 amide bonds. The number of hydrogen-bond acceptors (Lipinski definition) is 4. The van der Waals surface area contributed by atoms with Crippen molar-refractivity contribution >= 4 is 0 Å². The molecule has 1 aromatic carbocycles. The predicted molar refractivity (Wildman–Crippen MR) is 81.3 cm³/mol. The lowest BCUT2D eigenvalue weighted by atomic mass is 10.1. The van der Waals surface area contributed by atoms with Crippen LogP contribution in [0, 0.1) is 0 Å². The average molecular weight is 281 g/mol. The van der Waals surface area contributed by atoms with E-state index in [4.69, 9.17) is 14.2 Å². The molecule has 0 heterocycles. The van der Waals surface area contributed by atoms with Crippen LogP contribution in [0.2, 0.25) is 0 Å². The highest BCUT2D eigenvalue weighted by atomic mass is 16.5. The summed E-state index contributed by atoms with van der Waals surface area (Å²) in [6, 6.07) is 8.04. The van der Waals surface area contributed by atoms with E-state index in [9.17, 15) is 0 Å². The third-order valence-corrected chi connectivity index (χ3v) is 2.99. The van der Waals surface area contributed by atoms with Crippen molar-refractivity contribution in [2.75, 3.05) is 40.0 Å². The summed E-state index contributed by atoms with van der Waals surface area (Å²) in [5, 5.41) is 3.41. The quantitative estimate of drug-likeness (QED) is 0.633. The minimum absolute atomic E-state index is 0.0490. The number of nitrogens with one attached hydrogen (secondary N) is 1. The molecule has 0 aliphatic carbocycles. The number of hydrogen-bond donors (Lipinski definition) is 1. The highest BCUT2D eigenvalue weighted by Gasteiger charge is 2.11. The lowest BCUT2D eigenvalue weighted by Crippen LogP contribution is -2.25. The molecule has 0 aromatic heterocycles. The first-order chi connectivity index (χ1) is 9.81. The Bertz CT molecular complexity index is 340. The van der Waals surface area contributed by atoms with E-state index in [-0.39, 0.29) is 6.10 Å². The molecule has 0 bridgehead atoms. The molecule has 1 rings (SSSR count). The Hall–Kier alpha value is -1.10. The minimum Gasteiger partial charge on any atom is -0.497 e. The van der Waals surface area contributed by atoms with Gasteiger partial charge in [0.25, 0.3) is 0 Å². The molecule has 1 N–H and O–H groups in total. The van der Waals surface area contributed by atoms with Crippen molar-refractivity contribution in [1.29, 1.82) is 0 Å². The summed E-state index contributed by atoms with van der Waals surface area (Å²) < 4.78 is 16.4. The SMILES string of the molecule is CCCNCC(OCCOCC)c1ccc(OC)cc1. The minimum atomic E-state index is 0.0490. The molecule has 0 saturated heterocycles. The van der Waals surface area contributed by atoms with E-state index in [0.29, 0.717) is 13.2 Å². The molecule has 4 nitrogen and oxygen atoms in total. The van der Waals surface area contributed by atoms with E-state index >= 15 is 0 Å². The lowest BCUT2D eigenvalue weighted by Gasteiger charge is -2.19. The molecule has 1 atom stereocenters. The van der Waals surface area contributed by atoms with E-state index in [1.807, 2.05) is 19.1 Å². The van der Waals surface area contributed by atoms with Crippen molar-refractivity contribution in [3.8, 4) is 5.75 Å². The van der Waals surface area contributed by atoms with Gasteiger partial charge in [-0.1, -0.05) is 19.1 Å². The van der Waals surface area contributed by atoms with E-state index in [0.717, 1.165) is 37.4 Å². The summed E-state index contributed by atoms with van der Waals surface area (Å²) in [5.41, 5.74) is 1.16. The third-order valence-electron chi connectivity index (χ3n) is 2.99. The van der Waals surface area contributed by atoms with E-state index in [1.54, 1.807) is 7.11 Å². The molecule has 0 radical (unpaired) electrons. The summed E-state index contributed by atoms with van der Waals surface area (Å²) in [5.74, 6) is 0.864. The van der Waals surface area contributed by atoms with Crippen LogP contribution in [-0.4, -0.2) is 40.0 Å². The average Bonchev–Trinajstić information content (AvgIpc) is 2.50. The van der Waals surface area contributed by atoms with Crippen LogP contribution in [0.4, 0.5) is 0 Å². The molecule has 20 heavy (non-hydrogen) atoms. The van der Waals surface area contributed by atoms with Gasteiger partial charge in [0.15, 0.2) is 0 Å². The summed E-state index contributed by atoms with van der Waals surface area (Å²) in [6.07, 6.45) is 1.17. The number of methoxy groups -OCH3 is 1. The van der Waals surface area contributed by atoms with Gasteiger partial charge in [0.05, 0.1) is 26.4 Å². The molecule has 1 aromatic rings. The standard InChI is InChI=1S/C16H27NO3/c1-4-10-17-13-16(20-12-11-19-5-2)14-6-8-15(18-3)9-7-14/h6-9,16-17H,4-5,10-13H2,1-3H3. The largest absolute Gasteiger partial charge is 0.497 e. The van der Waals surface area contributed by atoms with E-state index in [2.05, 4.69) is 24.4 Å². The Labute approximate surface area is 122 Å². The zero-order valence-corrected chi connectivity index (χ0v) is 12.9. The first-order valence-electron chi connectivity index (χ1n) is 7.35. The van der Waals surface area contributed by atoms with Crippen molar-refractivity contribution in [2.24, 2.45) is 0 Å². The van der Waals surface area contributed by atoms with Crippen LogP contribution in [0.25, 0.3) is 0 Å². The first kappa shape index (κ1) is 17.0. The van der Waals surface area contributed by atoms with Crippen LogP contribution in [0.3, 0.4) is 0 Å². The zero-order valence-electron chi connectivity index (χ0n) is 12.9. The number of rotatable bonds is 11. The predicted octanol–water partition coefficient (Wildman–Crippen LogP) is 2.79. The third kappa shape index (κ3) is 6.37. The van der Waals surface area contributed by atoms with Gasteiger partial charge in [0.2, 0.25) is 0 Å². The van der Waals surface area contributed by atoms with Crippen molar-refractivity contribution in [3.63, 3.8) is 0 Å². The molecule has 4 heteroatoms. The van der Waals surface area contributed by atoms with Gasteiger partial charge >= 0.3 is 0 Å². The molecule has 0 aliphatic rings. The molecule has 114 valence electrons. The Morgan fingerprint density at radius 2 is 1.85 bits per heavy atom. The second kappa shape index (κ2) is 10.7. The van der Waals surface area contributed by atoms with Gasteiger partial charge in [-0.05, 0) is 37.6 Å². The molecule has 0 saturated carbocycles. The summed E-state index contributed by atoms with van der Waals surface area (Å²) in [4.78, 5) is 0. The molecular formula is C16H27NO3. The molecule has 0 fully saturated rings. The summed E-state index contributed by atoms with van der Waals surface area (Å²) >= 11 is 0. The van der Waals surface area contributed by atoms with Gasteiger partial charge in [0, 0.05) is 13.2 Å². The summed E-state index contributed by atoms with van der Waals surface area (Å²) in [7, 11) is 1.67. The van der Waals surface area contributed by atoms with Gasteiger partial charge in [-0.2, -0.15) is 0 Å². The van der Waals surface area contributed by atoms with Crippen LogP contribution >= 0.6 is 0 Å². The second-order valence-corrected chi connectivity index (χ2v) is 4.53.